The number of rotatable bonds is 3. The molecule has 2 atom stereocenters. The van der Waals surface area contributed by atoms with Gasteiger partial charge in [0.05, 0.1) is 0 Å². The van der Waals surface area contributed by atoms with Gasteiger partial charge in [0.2, 0.25) is 0 Å². The van der Waals surface area contributed by atoms with E-state index >= 15 is 0 Å². The lowest BCUT2D eigenvalue weighted by molar-refractivity contribution is 0.148. The van der Waals surface area contributed by atoms with Crippen LogP contribution in [0, 0.1) is 11.8 Å². The normalized spacial score (nSPS) is 27.2. The molecule has 3 saturated heterocycles. The van der Waals surface area contributed by atoms with Crippen molar-refractivity contribution in [1.82, 2.24) is 9.80 Å². The van der Waals surface area contributed by atoms with E-state index in [9.17, 15) is 4.79 Å². The van der Waals surface area contributed by atoms with Crippen LogP contribution in [-0.4, -0.2) is 60.3 Å². The molecule has 3 aliphatic heterocycles. The highest BCUT2D eigenvalue weighted by Gasteiger charge is 2.41. The summed E-state index contributed by atoms with van der Waals surface area (Å²) in [6.45, 7) is 6.54. The number of carbonyl (C=O) groups is 1. The Hall–Kier alpha value is -1.46. The van der Waals surface area contributed by atoms with E-state index in [1.807, 2.05) is 6.07 Å². The highest BCUT2D eigenvalue weighted by Crippen LogP contribution is 2.34. The minimum absolute atomic E-state index is 0.492. The van der Waals surface area contributed by atoms with E-state index in [4.69, 9.17) is 16.7 Å². The van der Waals surface area contributed by atoms with Gasteiger partial charge in [-0.3, -0.25) is 4.90 Å². The third kappa shape index (κ3) is 2.88. The van der Waals surface area contributed by atoms with E-state index in [0.717, 1.165) is 37.7 Å². The number of anilines is 1. The smallest absolute Gasteiger partial charge is 0.407 e. The van der Waals surface area contributed by atoms with Crippen molar-refractivity contribution in [2.24, 2.45) is 11.8 Å². The third-order valence-corrected chi connectivity index (χ3v) is 5.71. The fraction of sp³-hybridized carbons (Fsp3) is 0.588. The zero-order valence-electron chi connectivity index (χ0n) is 13.1. The summed E-state index contributed by atoms with van der Waals surface area (Å²) in [5.74, 6) is 0.983. The van der Waals surface area contributed by atoms with Crippen molar-refractivity contribution in [1.29, 1.82) is 0 Å². The highest BCUT2D eigenvalue weighted by atomic mass is 35.5. The van der Waals surface area contributed by atoms with E-state index < -0.39 is 6.09 Å². The predicted molar refractivity (Wildman–Crippen MR) is 90.1 cm³/mol. The minimum atomic E-state index is -0.774. The van der Waals surface area contributed by atoms with Crippen molar-refractivity contribution >= 4 is 23.4 Å². The van der Waals surface area contributed by atoms with Crippen LogP contribution in [0.2, 0.25) is 5.02 Å². The second-order valence-corrected chi connectivity index (χ2v) is 7.45. The zero-order valence-corrected chi connectivity index (χ0v) is 13.9. The molecule has 5 nitrogen and oxygen atoms in total. The Morgan fingerprint density at radius 1 is 1.17 bits per heavy atom. The molecule has 1 aromatic carbocycles. The van der Waals surface area contributed by atoms with Crippen molar-refractivity contribution in [2.45, 2.75) is 13.0 Å². The lowest BCUT2D eigenvalue weighted by atomic mass is 10.0. The van der Waals surface area contributed by atoms with Gasteiger partial charge in [-0.05, 0) is 36.0 Å². The minimum Gasteiger partial charge on any atom is -0.465 e. The van der Waals surface area contributed by atoms with Crippen molar-refractivity contribution in [3.8, 4) is 0 Å². The third-order valence-electron chi connectivity index (χ3n) is 5.47. The molecule has 23 heavy (non-hydrogen) atoms. The van der Waals surface area contributed by atoms with Gasteiger partial charge in [0.1, 0.15) is 0 Å². The molecular formula is C17H22ClN3O2. The van der Waals surface area contributed by atoms with Crippen molar-refractivity contribution < 1.29 is 9.90 Å². The van der Waals surface area contributed by atoms with Crippen LogP contribution in [0.4, 0.5) is 10.5 Å². The van der Waals surface area contributed by atoms with Crippen LogP contribution in [-0.2, 0) is 6.54 Å². The maximum absolute atomic E-state index is 11.1. The summed E-state index contributed by atoms with van der Waals surface area (Å²) in [7, 11) is 0. The van der Waals surface area contributed by atoms with Gasteiger partial charge >= 0.3 is 6.09 Å². The quantitative estimate of drug-likeness (QED) is 0.922. The molecule has 1 amide bonds. The number of carboxylic acid groups (broad SMARTS) is 1. The summed E-state index contributed by atoms with van der Waals surface area (Å²) < 4.78 is 0. The molecule has 1 aromatic rings. The summed E-state index contributed by atoms with van der Waals surface area (Å²) in [5, 5.41) is 9.92. The second kappa shape index (κ2) is 5.87. The molecule has 0 bridgehead atoms. The lowest BCUT2D eigenvalue weighted by Gasteiger charge is -2.35. The molecule has 3 aliphatic rings. The fourth-order valence-electron chi connectivity index (χ4n) is 4.14. The molecule has 3 fully saturated rings. The van der Waals surface area contributed by atoms with Crippen LogP contribution >= 0.6 is 11.6 Å². The monoisotopic (exact) mass is 335 g/mol. The van der Waals surface area contributed by atoms with Gasteiger partial charge in [-0.1, -0.05) is 17.7 Å². The average molecular weight is 336 g/mol. The van der Waals surface area contributed by atoms with Crippen LogP contribution in [0.3, 0.4) is 0 Å². The molecule has 0 spiro atoms. The first-order valence-corrected chi connectivity index (χ1v) is 8.71. The van der Waals surface area contributed by atoms with Crippen molar-refractivity contribution in [2.75, 3.05) is 44.2 Å². The Labute approximate surface area is 141 Å². The topological polar surface area (TPSA) is 47.0 Å². The Bertz CT molecular complexity index is 606. The zero-order chi connectivity index (χ0) is 16.0. The fourth-order valence-corrected chi connectivity index (χ4v) is 4.31. The number of hydrogen-bond acceptors (Lipinski definition) is 3. The van der Waals surface area contributed by atoms with Gasteiger partial charge in [0.15, 0.2) is 0 Å². The summed E-state index contributed by atoms with van der Waals surface area (Å²) >= 11 is 6.18. The summed E-state index contributed by atoms with van der Waals surface area (Å²) in [5.41, 5.74) is 2.61. The van der Waals surface area contributed by atoms with E-state index in [1.165, 1.54) is 17.7 Å². The first kappa shape index (κ1) is 15.1. The number of amides is 1. The van der Waals surface area contributed by atoms with Gasteiger partial charge in [-0.15, -0.1) is 0 Å². The van der Waals surface area contributed by atoms with Crippen LogP contribution in [0.5, 0.6) is 0 Å². The Balaban J connectivity index is 1.43. The van der Waals surface area contributed by atoms with Crippen LogP contribution < -0.4 is 4.90 Å². The molecule has 3 heterocycles. The van der Waals surface area contributed by atoms with Crippen molar-refractivity contribution in [3.63, 3.8) is 0 Å². The molecule has 6 heteroatoms. The number of nitrogens with zero attached hydrogens (tertiary/aromatic N) is 3. The Kier molecular flexibility index (Phi) is 3.85. The molecule has 0 radical (unpaired) electrons. The van der Waals surface area contributed by atoms with Gasteiger partial charge in [0, 0.05) is 56.5 Å². The van der Waals surface area contributed by atoms with Crippen LogP contribution in [0.25, 0.3) is 0 Å². The number of benzene rings is 1. The van der Waals surface area contributed by atoms with Gasteiger partial charge in [-0.25, -0.2) is 4.79 Å². The maximum Gasteiger partial charge on any atom is 0.407 e. The van der Waals surface area contributed by atoms with Crippen molar-refractivity contribution in [3.05, 3.63) is 28.8 Å². The first-order valence-electron chi connectivity index (χ1n) is 8.34. The van der Waals surface area contributed by atoms with E-state index in [-0.39, 0.29) is 0 Å². The summed E-state index contributed by atoms with van der Waals surface area (Å²) in [6.07, 6.45) is 0.480. The standard InChI is InChI=1S/C17H22ClN3O2/c18-15-3-2-12(16(6-15)20-4-1-5-20)7-19-8-13-10-21(17(22)23)11-14(13)9-19/h2-3,6,13-14H,1,4-5,7-11H2,(H,22,23). The summed E-state index contributed by atoms with van der Waals surface area (Å²) in [6, 6.07) is 6.20. The first-order chi connectivity index (χ1) is 11.1. The van der Waals surface area contributed by atoms with E-state index in [0.29, 0.717) is 24.9 Å². The molecular weight excluding hydrogens is 314 g/mol. The molecule has 0 aromatic heterocycles. The second-order valence-electron chi connectivity index (χ2n) is 7.02. The average Bonchev–Trinajstić information content (AvgIpc) is 2.98. The van der Waals surface area contributed by atoms with E-state index in [1.54, 1.807) is 4.90 Å². The Morgan fingerprint density at radius 3 is 2.43 bits per heavy atom. The SMILES string of the molecule is O=C(O)N1CC2CN(Cc3ccc(Cl)cc3N3CCC3)CC2C1. The number of hydrogen-bond donors (Lipinski definition) is 1. The molecule has 2 unspecified atom stereocenters. The molecule has 124 valence electrons. The number of fused-ring (bicyclic) bond motifs is 1. The van der Waals surface area contributed by atoms with E-state index in [2.05, 4.69) is 21.9 Å². The van der Waals surface area contributed by atoms with Gasteiger partial charge in [0.25, 0.3) is 0 Å². The lowest BCUT2D eigenvalue weighted by Crippen LogP contribution is -2.38. The predicted octanol–water partition coefficient (Wildman–Crippen LogP) is 2.59. The van der Waals surface area contributed by atoms with Crippen LogP contribution in [0.1, 0.15) is 12.0 Å². The largest absolute Gasteiger partial charge is 0.465 e. The Morgan fingerprint density at radius 2 is 1.87 bits per heavy atom. The van der Waals surface area contributed by atoms with Gasteiger partial charge in [-0.2, -0.15) is 0 Å². The molecule has 0 aliphatic carbocycles. The summed E-state index contributed by atoms with van der Waals surface area (Å²) in [4.78, 5) is 17.5. The molecule has 4 rings (SSSR count). The number of halogens is 1. The highest BCUT2D eigenvalue weighted by molar-refractivity contribution is 6.30. The molecule has 1 N–H and O–H groups in total. The van der Waals surface area contributed by atoms with Gasteiger partial charge < -0.3 is 14.9 Å². The maximum atomic E-state index is 11.1. The number of likely N-dealkylation sites (tertiary alicyclic amines) is 2. The molecule has 0 saturated carbocycles. The van der Waals surface area contributed by atoms with Crippen LogP contribution in [0.15, 0.2) is 18.2 Å².